The minimum Gasteiger partial charge on any atom is -0.504 e. The van der Waals surface area contributed by atoms with E-state index >= 15 is 0 Å². The summed E-state index contributed by atoms with van der Waals surface area (Å²) in [5.74, 6) is 0.486. The lowest BCUT2D eigenvalue weighted by Gasteiger charge is -2.64. The molecular weight excluding hydrogens is 520 g/mol. The number of likely N-dealkylation sites (tertiary alicyclic amines) is 1. The van der Waals surface area contributed by atoms with E-state index in [9.17, 15) is 15.0 Å². The van der Waals surface area contributed by atoms with Gasteiger partial charge in [0.2, 0.25) is 5.91 Å². The van der Waals surface area contributed by atoms with Crippen molar-refractivity contribution in [1.29, 1.82) is 0 Å². The van der Waals surface area contributed by atoms with Gasteiger partial charge in [0.05, 0.1) is 17.1 Å². The van der Waals surface area contributed by atoms with Gasteiger partial charge in [0.15, 0.2) is 11.5 Å². The zero-order valence-corrected chi connectivity index (χ0v) is 21.9. The standard InChI is InChI=1S/C29H31BrN2O4/c1-3-14-32-15-13-28-25-19-8-9-22(33)26(25)36-27(28)21(11-12-29(28,35)23(32)17-19)31(2)24(34)10-7-18-5-4-6-20(30)16-18/h3-10,16,21,23,27,33,35H,1,11-15,17H2,2H3/b10-7+/t21?,23-,27?,28+,29-/m1/s1. The maximum absolute atomic E-state index is 13.3. The van der Waals surface area contributed by atoms with E-state index in [4.69, 9.17) is 4.74 Å². The van der Waals surface area contributed by atoms with E-state index in [1.54, 1.807) is 17.0 Å². The molecule has 6 rings (SSSR count). The first-order valence-corrected chi connectivity index (χ1v) is 13.4. The zero-order chi connectivity index (χ0) is 25.2. The summed E-state index contributed by atoms with van der Waals surface area (Å²) < 4.78 is 7.52. The quantitative estimate of drug-likeness (QED) is 0.434. The van der Waals surface area contributed by atoms with E-state index in [2.05, 4.69) is 27.4 Å². The van der Waals surface area contributed by atoms with E-state index in [0.717, 1.165) is 34.3 Å². The lowest BCUT2D eigenvalue weighted by molar-refractivity contribution is -0.198. The minimum atomic E-state index is -1.00. The van der Waals surface area contributed by atoms with Crippen molar-refractivity contribution in [2.45, 2.75) is 54.9 Å². The second-order valence-electron chi connectivity index (χ2n) is 10.6. The van der Waals surface area contributed by atoms with Crippen molar-refractivity contribution in [3.05, 3.63) is 76.3 Å². The normalized spacial score (nSPS) is 32.1. The summed E-state index contributed by atoms with van der Waals surface area (Å²) in [6.45, 7) is 5.46. The lowest BCUT2D eigenvalue weighted by atomic mass is 9.48. The molecular formula is C29H31BrN2O4. The first-order valence-electron chi connectivity index (χ1n) is 12.6. The van der Waals surface area contributed by atoms with Crippen LogP contribution in [0.2, 0.25) is 0 Å². The van der Waals surface area contributed by atoms with Gasteiger partial charge in [0.25, 0.3) is 0 Å². The van der Waals surface area contributed by atoms with Crippen LogP contribution in [0.4, 0.5) is 0 Å². The Labute approximate surface area is 220 Å². The van der Waals surface area contributed by atoms with Crippen LogP contribution in [0, 0.1) is 0 Å². The van der Waals surface area contributed by atoms with Gasteiger partial charge in [-0.05, 0) is 67.6 Å². The molecule has 2 unspecified atom stereocenters. The maximum atomic E-state index is 13.3. The molecule has 6 nitrogen and oxygen atoms in total. The van der Waals surface area contributed by atoms with Crippen LogP contribution in [0.3, 0.4) is 0 Å². The van der Waals surface area contributed by atoms with Crippen LogP contribution in [-0.2, 0) is 16.6 Å². The number of nitrogens with zero attached hydrogens (tertiary/aromatic N) is 2. The van der Waals surface area contributed by atoms with Gasteiger partial charge in [0, 0.05) is 35.7 Å². The predicted molar refractivity (Wildman–Crippen MR) is 142 cm³/mol. The molecule has 5 atom stereocenters. The Kier molecular flexibility index (Phi) is 5.59. The number of phenols is 1. The number of hydrogen-bond acceptors (Lipinski definition) is 5. The Bertz CT molecular complexity index is 1280. The number of carbonyl (C=O) groups excluding carboxylic acids is 1. The third kappa shape index (κ3) is 3.19. The summed E-state index contributed by atoms with van der Waals surface area (Å²) in [6, 6.07) is 11.2. The largest absolute Gasteiger partial charge is 0.504 e. The topological polar surface area (TPSA) is 73.2 Å². The van der Waals surface area contributed by atoms with E-state index in [0.29, 0.717) is 31.4 Å². The Hall–Kier alpha value is -2.61. The summed E-state index contributed by atoms with van der Waals surface area (Å²) in [7, 11) is 1.82. The molecule has 2 aromatic carbocycles. The Balaban J connectivity index is 1.38. The molecule has 2 aliphatic carbocycles. The van der Waals surface area contributed by atoms with Crippen molar-refractivity contribution in [2.24, 2.45) is 0 Å². The van der Waals surface area contributed by atoms with Crippen LogP contribution in [0.1, 0.15) is 36.0 Å². The number of aromatic hydroxyl groups is 1. The van der Waals surface area contributed by atoms with Crippen molar-refractivity contribution >= 4 is 27.9 Å². The number of halogens is 1. The van der Waals surface area contributed by atoms with Crippen LogP contribution in [-0.4, -0.2) is 69.8 Å². The summed E-state index contributed by atoms with van der Waals surface area (Å²) in [6.07, 6.45) is 7.49. The van der Waals surface area contributed by atoms with Gasteiger partial charge in [-0.2, -0.15) is 0 Å². The molecule has 188 valence electrons. The number of likely N-dealkylation sites (N-methyl/N-ethyl adjacent to an activating group) is 1. The molecule has 2 aliphatic heterocycles. The number of aliphatic hydroxyl groups is 1. The van der Waals surface area contributed by atoms with E-state index in [1.807, 2.05) is 49.5 Å². The highest BCUT2D eigenvalue weighted by atomic mass is 79.9. The third-order valence-corrected chi connectivity index (χ3v) is 9.51. The molecule has 1 saturated carbocycles. The second-order valence-corrected chi connectivity index (χ2v) is 11.5. The SMILES string of the molecule is C=CCN1CC[C@]23c4c5ccc(O)c4OC2C(N(C)C(=O)/C=C/c2cccc(Br)c2)CC[C@@]3(O)[C@H]1C5. The van der Waals surface area contributed by atoms with Crippen molar-refractivity contribution in [3.63, 3.8) is 0 Å². The number of carbonyl (C=O) groups is 1. The molecule has 0 aromatic heterocycles. The molecule has 4 aliphatic rings. The van der Waals surface area contributed by atoms with Crippen LogP contribution < -0.4 is 4.74 Å². The van der Waals surface area contributed by atoms with Gasteiger partial charge < -0.3 is 19.8 Å². The lowest BCUT2D eigenvalue weighted by Crippen LogP contribution is -2.78. The molecule has 2 bridgehead atoms. The van der Waals surface area contributed by atoms with Crippen LogP contribution in [0.25, 0.3) is 6.08 Å². The summed E-state index contributed by atoms with van der Waals surface area (Å²) in [5.41, 5.74) is 1.35. The van der Waals surface area contributed by atoms with Crippen molar-refractivity contribution in [1.82, 2.24) is 9.80 Å². The second kappa shape index (κ2) is 8.47. The first-order chi connectivity index (χ1) is 17.3. The Morgan fingerprint density at radius 3 is 2.94 bits per heavy atom. The average Bonchev–Trinajstić information content (AvgIpc) is 3.21. The molecule has 1 amide bonds. The number of phenolic OH excluding ortho intramolecular Hbond substituents is 1. The molecule has 0 radical (unpaired) electrons. The molecule has 1 saturated heterocycles. The van der Waals surface area contributed by atoms with Gasteiger partial charge in [-0.3, -0.25) is 9.69 Å². The number of ether oxygens (including phenoxy) is 1. The monoisotopic (exact) mass is 550 g/mol. The molecule has 2 fully saturated rings. The first kappa shape index (κ1) is 23.8. The summed E-state index contributed by atoms with van der Waals surface area (Å²) >= 11 is 3.47. The predicted octanol–water partition coefficient (Wildman–Crippen LogP) is 4.04. The van der Waals surface area contributed by atoms with Crippen LogP contribution in [0.15, 0.2) is 59.6 Å². The van der Waals surface area contributed by atoms with Crippen molar-refractivity contribution < 1.29 is 19.7 Å². The maximum Gasteiger partial charge on any atom is 0.246 e. The minimum absolute atomic E-state index is 0.0586. The fraction of sp³-hybridized carbons (Fsp3) is 0.414. The molecule has 2 aromatic rings. The van der Waals surface area contributed by atoms with Gasteiger partial charge in [-0.25, -0.2) is 0 Å². The molecule has 2 N–H and O–H groups in total. The van der Waals surface area contributed by atoms with E-state index in [-0.39, 0.29) is 23.7 Å². The fourth-order valence-corrected chi connectivity index (χ4v) is 7.86. The van der Waals surface area contributed by atoms with Crippen molar-refractivity contribution in [2.75, 3.05) is 20.1 Å². The zero-order valence-electron chi connectivity index (χ0n) is 20.4. The number of benzene rings is 2. The Morgan fingerprint density at radius 1 is 1.33 bits per heavy atom. The highest BCUT2D eigenvalue weighted by Gasteiger charge is 2.73. The smallest absolute Gasteiger partial charge is 0.246 e. The highest BCUT2D eigenvalue weighted by Crippen LogP contribution is 2.65. The number of hydrogen-bond donors (Lipinski definition) is 2. The van der Waals surface area contributed by atoms with E-state index in [1.165, 1.54) is 0 Å². The molecule has 7 heteroatoms. The van der Waals surface area contributed by atoms with Gasteiger partial charge in [0.1, 0.15) is 6.10 Å². The highest BCUT2D eigenvalue weighted by molar-refractivity contribution is 9.10. The number of amides is 1. The van der Waals surface area contributed by atoms with Gasteiger partial charge >= 0.3 is 0 Å². The van der Waals surface area contributed by atoms with Crippen LogP contribution >= 0.6 is 15.9 Å². The summed E-state index contributed by atoms with van der Waals surface area (Å²) in [5, 5.41) is 23.2. The number of rotatable bonds is 5. The number of piperidine rings is 1. The fourth-order valence-electron chi connectivity index (χ4n) is 7.44. The van der Waals surface area contributed by atoms with Crippen LogP contribution in [0.5, 0.6) is 11.5 Å². The van der Waals surface area contributed by atoms with Crippen molar-refractivity contribution in [3.8, 4) is 11.5 Å². The Morgan fingerprint density at radius 2 is 2.17 bits per heavy atom. The molecule has 2 heterocycles. The van der Waals surface area contributed by atoms with Gasteiger partial charge in [-0.1, -0.05) is 40.2 Å². The molecule has 1 spiro atoms. The van der Waals surface area contributed by atoms with E-state index < -0.39 is 17.1 Å². The summed E-state index contributed by atoms with van der Waals surface area (Å²) in [4.78, 5) is 17.4. The average molecular weight is 551 g/mol. The van der Waals surface area contributed by atoms with Gasteiger partial charge in [-0.15, -0.1) is 6.58 Å². The molecule has 36 heavy (non-hydrogen) atoms. The third-order valence-electron chi connectivity index (χ3n) is 9.02.